The lowest BCUT2D eigenvalue weighted by Crippen LogP contribution is -2.35. The van der Waals surface area contributed by atoms with E-state index in [0.717, 1.165) is 25.3 Å². The number of pyridine rings is 2. The number of rotatable bonds is 4. The molecule has 0 spiro atoms. The molecular formula is C24H22ClFN4O3. The summed E-state index contributed by atoms with van der Waals surface area (Å²) in [4.78, 5) is 29.8. The van der Waals surface area contributed by atoms with Crippen LogP contribution in [-0.2, 0) is 0 Å². The summed E-state index contributed by atoms with van der Waals surface area (Å²) in [5.41, 5.74) is 1.43. The molecule has 1 amide bonds. The molecule has 9 heteroatoms. The number of benzene rings is 1. The van der Waals surface area contributed by atoms with E-state index in [1.54, 1.807) is 13.0 Å². The van der Waals surface area contributed by atoms with Crippen LogP contribution in [0.4, 0.5) is 4.39 Å². The first-order chi connectivity index (χ1) is 16.0. The molecule has 0 unspecified atom stereocenters. The maximum atomic E-state index is 13.9. The number of aryl methyl sites for hydroxylation is 1. The Morgan fingerprint density at radius 3 is 2.97 bits per heavy atom. The number of fused-ring (bicyclic) bond motifs is 3. The minimum Gasteiger partial charge on any atom is -0.355 e. The first kappa shape index (κ1) is 21.6. The first-order valence-electron chi connectivity index (χ1n) is 10.9. The number of amides is 1. The second-order valence-electron chi connectivity index (χ2n) is 8.53. The van der Waals surface area contributed by atoms with Gasteiger partial charge in [-0.25, -0.2) is 4.39 Å². The van der Waals surface area contributed by atoms with Crippen molar-refractivity contribution in [3.8, 4) is 0 Å². The van der Waals surface area contributed by atoms with Gasteiger partial charge in [-0.2, -0.15) is 0 Å². The molecule has 7 nitrogen and oxygen atoms in total. The van der Waals surface area contributed by atoms with Gasteiger partial charge in [0.25, 0.3) is 11.5 Å². The van der Waals surface area contributed by atoms with Crippen LogP contribution in [0.2, 0.25) is 5.02 Å². The Hall–Kier alpha value is -3.26. The lowest BCUT2D eigenvalue weighted by Gasteiger charge is -2.31. The van der Waals surface area contributed by atoms with Crippen LogP contribution in [0.5, 0.6) is 0 Å². The summed E-state index contributed by atoms with van der Waals surface area (Å²) in [5.74, 6) is -0.942. The highest BCUT2D eigenvalue weighted by atomic mass is 35.5. The lowest BCUT2D eigenvalue weighted by atomic mass is 9.85. The quantitative estimate of drug-likeness (QED) is 0.464. The third-order valence-electron chi connectivity index (χ3n) is 6.46. The summed E-state index contributed by atoms with van der Waals surface area (Å²) in [6, 6.07) is 6.56. The van der Waals surface area contributed by atoms with Crippen LogP contribution in [0.1, 0.15) is 47.8 Å². The Kier molecular flexibility index (Phi) is 5.62. The average Bonchev–Trinajstić information content (AvgIpc) is 3.20. The monoisotopic (exact) mass is 468 g/mol. The van der Waals surface area contributed by atoms with Gasteiger partial charge < -0.3 is 14.4 Å². The second-order valence-corrected chi connectivity index (χ2v) is 8.94. The fourth-order valence-electron chi connectivity index (χ4n) is 4.88. The number of halogens is 2. The Bertz CT molecular complexity index is 1430. The fourth-order valence-corrected chi connectivity index (χ4v) is 5.14. The Morgan fingerprint density at radius 1 is 1.30 bits per heavy atom. The van der Waals surface area contributed by atoms with Crippen molar-refractivity contribution in [2.24, 2.45) is 5.92 Å². The number of nitrogens with one attached hydrogen (secondary N) is 1. The van der Waals surface area contributed by atoms with Crippen molar-refractivity contribution in [2.45, 2.75) is 38.6 Å². The van der Waals surface area contributed by atoms with Gasteiger partial charge in [0.2, 0.25) is 0 Å². The predicted molar refractivity (Wildman–Crippen MR) is 123 cm³/mol. The van der Waals surface area contributed by atoms with E-state index in [9.17, 15) is 14.0 Å². The zero-order valence-corrected chi connectivity index (χ0v) is 18.7. The van der Waals surface area contributed by atoms with Gasteiger partial charge in [0.1, 0.15) is 11.2 Å². The summed E-state index contributed by atoms with van der Waals surface area (Å²) in [5, 5.41) is 8.45. The third kappa shape index (κ3) is 3.78. The molecule has 2 atom stereocenters. The average molecular weight is 469 g/mol. The van der Waals surface area contributed by atoms with E-state index < -0.39 is 11.7 Å². The summed E-state index contributed by atoms with van der Waals surface area (Å²) in [7, 11) is 0. The topological polar surface area (TPSA) is 90.0 Å². The van der Waals surface area contributed by atoms with Crippen molar-refractivity contribution < 1.29 is 13.7 Å². The van der Waals surface area contributed by atoms with Gasteiger partial charge >= 0.3 is 0 Å². The molecule has 5 rings (SSSR count). The molecule has 4 aromatic rings. The van der Waals surface area contributed by atoms with Crippen molar-refractivity contribution in [1.82, 2.24) is 20.0 Å². The highest BCUT2D eigenvalue weighted by molar-refractivity contribution is 6.37. The molecule has 1 fully saturated rings. The molecule has 3 heterocycles. The zero-order chi connectivity index (χ0) is 23.1. The van der Waals surface area contributed by atoms with Crippen LogP contribution in [0, 0.1) is 18.7 Å². The van der Waals surface area contributed by atoms with Gasteiger partial charge in [0.15, 0.2) is 5.58 Å². The van der Waals surface area contributed by atoms with Crippen LogP contribution in [0.3, 0.4) is 0 Å². The van der Waals surface area contributed by atoms with E-state index >= 15 is 0 Å². The van der Waals surface area contributed by atoms with E-state index in [0.29, 0.717) is 45.6 Å². The van der Waals surface area contributed by atoms with Crippen LogP contribution in [0.25, 0.3) is 21.9 Å². The largest absolute Gasteiger partial charge is 0.355 e. The van der Waals surface area contributed by atoms with E-state index in [2.05, 4.69) is 15.5 Å². The first-order valence-corrected chi connectivity index (χ1v) is 11.3. The van der Waals surface area contributed by atoms with E-state index in [1.807, 2.05) is 16.7 Å². The number of nitrogens with zero attached hydrogens (tertiary/aromatic N) is 3. The van der Waals surface area contributed by atoms with E-state index in [4.69, 9.17) is 16.1 Å². The van der Waals surface area contributed by atoms with Crippen molar-refractivity contribution in [2.75, 3.05) is 6.54 Å². The Balaban J connectivity index is 1.45. The molecule has 0 bridgehead atoms. The van der Waals surface area contributed by atoms with Crippen LogP contribution in [0.15, 0.2) is 46.0 Å². The number of carbonyl (C=O) groups is 1. The van der Waals surface area contributed by atoms with Gasteiger partial charge in [-0.05, 0) is 50.3 Å². The number of hydrogen-bond donors (Lipinski definition) is 1. The molecular weight excluding hydrogens is 447 g/mol. The maximum absolute atomic E-state index is 13.9. The summed E-state index contributed by atoms with van der Waals surface area (Å²) < 4.78 is 21.2. The molecule has 1 aliphatic rings. The highest BCUT2D eigenvalue weighted by Gasteiger charge is 2.28. The second kappa shape index (κ2) is 8.59. The van der Waals surface area contributed by atoms with Gasteiger partial charge in [-0.3, -0.25) is 14.6 Å². The molecule has 33 heavy (non-hydrogen) atoms. The van der Waals surface area contributed by atoms with Crippen molar-refractivity contribution in [3.05, 3.63) is 69.1 Å². The molecule has 170 valence electrons. The maximum Gasteiger partial charge on any atom is 0.264 e. The Morgan fingerprint density at radius 2 is 2.15 bits per heavy atom. The molecule has 1 aliphatic carbocycles. The summed E-state index contributed by atoms with van der Waals surface area (Å²) in [6.07, 6.45) is 5.88. The third-order valence-corrected chi connectivity index (χ3v) is 6.77. The molecule has 1 saturated carbocycles. The molecule has 0 saturated heterocycles. The van der Waals surface area contributed by atoms with Gasteiger partial charge in [-0.1, -0.05) is 29.2 Å². The van der Waals surface area contributed by atoms with Crippen LogP contribution in [-0.4, -0.2) is 27.2 Å². The van der Waals surface area contributed by atoms with Crippen molar-refractivity contribution >= 4 is 39.4 Å². The van der Waals surface area contributed by atoms with E-state index in [-0.39, 0.29) is 23.1 Å². The smallest absolute Gasteiger partial charge is 0.264 e. The van der Waals surface area contributed by atoms with Gasteiger partial charge in [0, 0.05) is 25.0 Å². The molecule has 1 aromatic carbocycles. The Labute approximate surface area is 193 Å². The van der Waals surface area contributed by atoms with Gasteiger partial charge in [0.05, 0.1) is 27.2 Å². The summed E-state index contributed by atoms with van der Waals surface area (Å²) in [6.45, 7) is 2.14. The molecule has 0 radical (unpaired) electrons. The zero-order valence-electron chi connectivity index (χ0n) is 18.0. The molecule has 0 aliphatic heterocycles. The van der Waals surface area contributed by atoms with E-state index in [1.165, 1.54) is 12.4 Å². The number of aromatic nitrogens is 3. The van der Waals surface area contributed by atoms with Crippen LogP contribution < -0.4 is 10.9 Å². The van der Waals surface area contributed by atoms with Crippen molar-refractivity contribution in [1.29, 1.82) is 0 Å². The van der Waals surface area contributed by atoms with Crippen molar-refractivity contribution in [3.63, 3.8) is 0 Å². The molecule has 1 N–H and O–H groups in total. The normalized spacial score (nSPS) is 18.6. The highest BCUT2D eigenvalue weighted by Crippen LogP contribution is 2.37. The molecule has 3 aromatic heterocycles. The number of hydrogen-bond acceptors (Lipinski definition) is 5. The van der Waals surface area contributed by atoms with Gasteiger partial charge in [-0.15, -0.1) is 0 Å². The minimum atomic E-state index is -0.601. The fraction of sp³-hybridized carbons (Fsp3) is 0.333. The summed E-state index contributed by atoms with van der Waals surface area (Å²) >= 11 is 6.51. The lowest BCUT2D eigenvalue weighted by molar-refractivity contribution is 0.0936. The SMILES string of the molecule is Cc1noc2c1c(=O)n([C@H]1CCC[C@@H](CNC(=O)c3cnccc3F)C1)c1cccc(Cl)c21. The standard InChI is InChI=1S/C24H22ClFN4O3/c1-13-20-22(33-29-13)21-17(25)6-3-7-19(21)30(24(20)32)15-5-2-4-14(10-15)11-28-23(31)16-12-27-9-8-18(16)26/h3,6-9,12,14-15H,2,4-5,10-11H2,1H3,(H,28,31)/t14-,15+/m1/s1. The number of carbonyl (C=O) groups excluding carboxylic acids is 1. The predicted octanol–water partition coefficient (Wildman–Crippen LogP) is 4.80. The van der Waals surface area contributed by atoms with Crippen LogP contribution >= 0.6 is 11.6 Å². The minimum absolute atomic E-state index is 0.0667.